The van der Waals surface area contributed by atoms with Gasteiger partial charge in [-0.25, -0.2) is 0 Å². The van der Waals surface area contributed by atoms with E-state index in [1.54, 1.807) is 0 Å². The molecule has 13 aromatic rings. The number of hydrogen-bond donors (Lipinski definition) is 0. The molecule has 4 aromatic heterocycles. The third kappa shape index (κ3) is 5.60. The Morgan fingerprint density at radius 1 is 0.354 bits per heavy atom. The Hall–Kier alpha value is -8.48. The summed E-state index contributed by atoms with van der Waals surface area (Å²) >= 11 is 0. The molecule has 0 fully saturated rings. The van der Waals surface area contributed by atoms with E-state index < -0.39 is 0 Å². The maximum Gasteiger partial charge on any atom is 0.137 e. The minimum absolute atomic E-state index is 0.210. The number of nitrogens with zero attached hydrogens (tertiary/aromatic N) is 2. The Kier molecular flexibility index (Phi) is 7.63. The Labute approximate surface area is 372 Å². The molecule has 4 heterocycles. The number of hydrogen-bond acceptors (Lipinski definition) is 6. The van der Waals surface area contributed by atoms with Crippen molar-refractivity contribution in [3.63, 3.8) is 0 Å². The molecule has 0 aliphatic heterocycles. The van der Waals surface area contributed by atoms with Crippen LogP contribution in [0.5, 0.6) is 0 Å². The van der Waals surface area contributed by atoms with Gasteiger partial charge in [0.05, 0.1) is 0 Å². The molecule has 0 amide bonds. The van der Waals surface area contributed by atoms with Crippen LogP contribution in [0.4, 0.5) is 28.4 Å². The van der Waals surface area contributed by atoms with Crippen molar-refractivity contribution in [1.29, 1.82) is 0 Å². The van der Waals surface area contributed by atoms with Crippen molar-refractivity contribution in [1.82, 2.24) is 0 Å². The average Bonchev–Trinajstić information content (AvgIpc) is 4.10. The molecule has 0 bridgehead atoms. The van der Waals surface area contributed by atoms with Gasteiger partial charge < -0.3 is 27.5 Å². The highest BCUT2D eigenvalue weighted by molar-refractivity contribution is 6.13. The zero-order valence-corrected chi connectivity index (χ0v) is 35.3. The summed E-state index contributed by atoms with van der Waals surface area (Å²) in [7, 11) is 0. The van der Waals surface area contributed by atoms with Gasteiger partial charge in [-0.05, 0) is 120 Å². The largest absolute Gasteiger partial charge is 0.456 e. The number of anilines is 5. The molecule has 1 aliphatic rings. The summed E-state index contributed by atoms with van der Waals surface area (Å²) in [4.78, 5) is 4.60. The molecule has 1 atom stereocenters. The van der Waals surface area contributed by atoms with Crippen LogP contribution in [0.3, 0.4) is 0 Å². The fourth-order valence-corrected chi connectivity index (χ4v) is 10.5. The monoisotopic (exact) mass is 838 g/mol. The van der Waals surface area contributed by atoms with Gasteiger partial charge >= 0.3 is 0 Å². The van der Waals surface area contributed by atoms with Gasteiger partial charge in [-0.15, -0.1) is 0 Å². The van der Waals surface area contributed by atoms with Crippen molar-refractivity contribution in [2.45, 2.75) is 19.3 Å². The summed E-state index contributed by atoms with van der Waals surface area (Å²) in [5, 5.41) is 9.99. The van der Waals surface area contributed by atoms with Crippen LogP contribution in [0.25, 0.3) is 93.6 Å². The minimum Gasteiger partial charge on any atom is -0.456 e. The summed E-state index contributed by atoms with van der Waals surface area (Å²) in [6.07, 6.45) is 3.08. The predicted octanol–water partition coefficient (Wildman–Crippen LogP) is 17.4. The van der Waals surface area contributed by atoms with Crippen LogP contribution >= 0.6 is 0 Å². The summed E-state index contributed by atoms with van der Waals surface area (Å²) in [5.41, 5.74) is 13.6. The number of rotatable bonds is 6. The molecule has 6 nitrogen and oxygen atoms in total. The molecule has 0 saturated heterocycles. The molecule has 308 valence electrons. The smallest absolute Gasteiger partial charge is 0.137 e. The van der Waals surface area contributed by atoms with Crippen LogP contribution in [-0.4, -0.2) is 0 Å². The summed E-state index contributed by atoms with van der Waals surface area (Å²) < 4.78 is 26.2. The molecular formula is C59H38N2O4. The molecule has 1 aliphatic carbocycles. The third-order valence-electron chi connectivity index (χ3n) is 13.4. The van der Waals surface area contributed by atoms with Crippen molar-refractivity contribution < 1.29 is 17.7 Å². The summed E-state index contributed by atoms with van der Waals surface area (Å²) in [6.45, 7) is 2.31. The van der Waals surface area contributed by atoms with Gasteiger partial charge in [-0.2, -0.15) is 0 Å². The van der Waals surface area contributed by atoms with E-state index in [0.717, 1.165) is 128 Å². The maximum atomic E-state index is 6.81. The SMILES string of the molecule is CC1CC(N(c2ccccc2)c2ccc3c(c2)oc2ccccc23)=Cc2oc3cc4cc5oc6cc(N(c7ccccc7)c7ccc8c(c7)oc7ccccc78)ccc6c5cc4cc3c21. The standard InChI is InChI=1S/C59H38N2O4/c1-35-26-43(61(39-14-6-3-7-15-39)42-21-24-47-45-17-9-11-19-52(45)63-56(47)33-42)34-58-59(35)50-28-36-27-49-48-25-22-41(32-57(48)64-53(49)29-37(36)30-54(50)65-58)60(38-12-4-2-5-13-38)40-20-23-46-44-16-8-10-18-51(44)62-55(46)31-40/h2-25,27-35H,26H2,1H3. The second-order valence-corrected chi connectivity index (χ2v) is 17.3. The lowest BCUT2D eigenvalue weighted by Crippen LogP contribution is -2.20. The number of allylic oxidation sites excluding steroid dienone is 1. The fourth-order valence-electron chi connectivity index (χ4n) is 10.5. The molecular weight excluding hydrogens is 801 g/mol. The lowest BCUT2D eigenvalue weighted by atomic mass is 9.87. The first kappa shape index (κ1) is 36.0. The van der Waals surface area contributed by atoms with Gasteiger partial charge in [-0.1, -0.05) is 79.7 Å². The normalized spacial score (nSPS) is 14.1. The predicted molar refractivity (Wildman–Crippen MR) is 266 cm³/mol. The number of para-hydroxylation sites is 4. The van der Waals surface area contributed by atoms with Crippen LogP contribution in [-0.2, 0) is 0 Å². The van der Waals surface area contributed by atoms with E-state index in [2.05, 4.69) is 181 Å². The lowest BCUT2D eigenvalue weighted by molar-refractivity contribution is 0.581. The van der Waals surface area contributed by atoms with Gasteiger partial charge in [0.1, 0.15) is 44.8 Å². The molecule has 14 rings (SSSR count). The van der Waals surface area contributed by atoms with Gasteiger partial charge in [0.15, 0.2) is 0 Å². The van der Waals surface area contributed by atoms with Crippen molar-refractivity contribution in [3.05, 3.63) is 205 Å². The zero-order valence-electron chi connectivity index (χ0n) is 35.3. The summed E-state index contributed by atoms with van der Waals surface area (Å²) in [5.74, 6) is 1.11. The first-order chi connectivity index (χ1) is 32.1. The van der Waals surface area contributed by atoms with Crippen molar-refractivity contribution in [3.8, 4) is 0 Å². The number of furan rings is 4. The Morgan fingerprint density at radius 2 is 0.785 bits per heavy atom. The van der Waals surface area contributed by atoms with Crippen molar-refractivity contribution in [2.75, 3.05) is 9.80 Å². The second-order valence-electron chi connectivity index (χ2n) is 17.3. The van der Waals surface area contributed by atoms with E-state index >= 15 is 0 Å². The molecule has 0 spiro atoms. The fraction of sp³-hybridized carbons (Fsp3) is 0.0508. The van der Waals surface area contributed by atoms with E-state index in [4.69, 9.17) is 17.7 Å². The van der Waals surface area contributed by atoms with Crippen LogP contribution in [0, 0.1) is 0 Å². The van der Waals surface area contributed by atoms with Crippen LogP contribution in [0.15, 0.2) is 211 Å². The van der Waals surface area contributed by atoms with E-state index in [1.807, 2.05) is 30.3 Å². The van der Waals surface area contributed by atoms with Gasteiger partial charge in [0, 0.05) is 102 Å². The van der Waals surface area contributed by atoms with E-state index in [0.29, 0.717) is 0 Å². The van der Waals surface area contributed by atoms with E-state index in [1.165, 1.54) is 11.3 Å². The van der Waals surface area contributed by atoms with Crippen molar-refractivity contribution >= 4 is 122 Å². The molecule has 1 unspecified atom stereocenters. The Bertz CT molecular complexity index is 4080. The molecule has 0 N–H and O–H groups in total. The first-order valence-electron chi connectivity index (χ1n) is 22.2. The van der Waals surface area contributed by atoms with Gasteiger partial charge in [0.2, 0.25) is 0 Å². The lowest BCUT2D eigenvalue weighted by Gasteiger charge is -2.31. The topological polar surface area (TPSA) is 59.0 Å². The molecule has 9 aromatic carbocycles. The highest BCUT2D eigenvalue weighted by Gasteiger charge is 2.29. The molecule has 0 saturated carbocycles. The minimum atomic E-state index is 0.210. The highest BCUT2D eigenvalue weighted by Crippen LogP contribution is 2.47. The molecule has 6 heteroatoms. The Morgan fingerprint density at radius 3 is 1.38 bits per heavy atom. The van der Waals surface area contributed by atoms with E-state index in [-0.39, 0.29) is 5.92 Å². The molecule has 0 radical (unpaired) electrons. The quantitative estimate of drug-likeness (QED) is 0.166. The van der Waals surface area contributed by atoms with Crippen LogP contribution < -0.4 is 9.80 Å². The second kappa shape index (κ2) is 13.8. The number of fused-ring (bicyclic) bond motifs is 13. The maximum absolute atomic E-state index is 6.81. The van der Waals surface area contributed by atoms with Crippen molar-refractivity contribution in [2.24, 2.45) is 0 Å². The molecule has 65 heavy (non-hydrogen) atoms. The van der Waals surface area contributed by atoms with Crippen LogP contribution in [0.1, 0.15) is 30.6 Å². The van der Waals surface area contributed by atoms with E-state index in [9.17, 15) is 0 Å². The van der Waals surface area contributed by atoms with Gasteiger partial charge in [0.25, 0.3) is 0 Å². The zero-order chi connectivity index (χ0) is 42.8. The summed E-state index contributed by atoms with van der Waals surface area (Å²) in [6, 6.07) is 65.9. The highest BCUT2D eigenvalue weighted by atomic mass is 16.3. The average molecular weight is 839 g/mol. The van der Waals surface area contributed by atoms with Crippen LogP contribution in [0.2, 0.25) is 0 Å². The third-order valence-corrected chi connectivity index (χ3v) is 13.4. The number of benzene rings is 9. The Balaban J connectivity index is 0.857. The first-order valence-corrected chi connectivity index (χ1v) is 22.2. The van der Waals surface area contributed by atoms with Gasteiger partial charge in [-0.3, -0.25) is 0 Å².